The second-order valence-corrected chi connectivity index (χ2v) is 10.3. The van der Waals surface area contributed by atoms with Gasteiger partial charge in [-0.1, -0.05) is 89.1 Å². The highest BCUT2D eigenvalue weighted by atomic mass is 16.5. The van der Waals surface area contributed by atoms with E-state index in [0.717, 1.165) is 31.2 Å². The Labute approximate surface area is 214 Å². The minimum atomic E-state index is -0.645. The maximum absolute atomic E-state index is 13.5. The molecule has 2 aromatic carbocycles. The highest BCUT2D eigenvalue weighted by molar-refractivity contribution is 6.36. The van der Waals surface area contributed by atoms with Gasteiger partial charge in [0.1, 0.15) is 12.1 Å². The molecule has 7 heteroatoms. The Balaban J connectivity index is 1.98. The number of benzene rings is 2. The summed E-state index contributed by atoms with van der Waals surface area (Å²) in [6.45, 7) is 8.35. The monoisotopic (exact) mass is 490 g/mol. The molecule has 0 heterocycles. The number of ether oxygens (including phenoxy) is 1. The summed E-state index contributed by atoms with van der Waals surface area (Å²) in [6, 6.07) is 18.0. The van der Waals surface area contributed by atoms with E-state index in [1.54, 1.807) is 29.3 Å². The van der Waals surface area contributed by atoms with Gasteiger partial charge >= 0.3 is 11.7 Å². The van der Waals surface area contributed by atoms with Gasteiger partial charge in [-0.25, -0.2) is 9.80 Å². The summed E-state index contributed by atoms with van der Waals surface area (Å²) >= 11 is 0. The smallest absolute Gasteiger partial charge is 0.419 e. The molecule has 1 N–H and O–H groups in total. The fourth-order valence-electron chi connectivity index (χ4n) is 5.12. The van der Waals surface area contributed by atoms with Crippen LogP contribution in [-0.4, -0.2) is 39.5 Å². The lowest BCUT2D eigenvalue weighted by molar-refractivity contribution is -0.151. The summed E-state index contributed by atoms with van der Waals surface area (Å²) in [5, 5.41) is 1.75. The number of nitrogens with one attached hydrogen (secondary N) is 1. The molecule has 1 saturated carbocycles. The Morgan fingerprint density at radius 2 is 1.53 bits per heavy atom. The van der Waals surface area contributed by atoms with Gasteiger partial charge in [0, 0.05) is 12.1 Å². The first-order chi connectivity index (χ1) is 17.3. The molecule has 0 spiro atoms. The Kier molecular flexibility index (Phi) is 9.97. The van der Waals surface area contributed by atoms with Crippen LogP contribution in [0, 0.1) is 17.8 Å². The van der Waals surface area contributed by atoms with E-state index in [2.05, 4.69) is 10.2 Å². The van der Waals surface area contributed by atoms with E-state index in [1.165, 1.54) is 0 Å². The van der Waals surface area contributed by atoms with Gasteiger partial charge in [0.05, 0.1) is 0 Å². The number of hydrazine groups is 1. The van der Waals surface area contributed by atoms with E-state index in [0.29, 0.717) is 12.1 Å². The first kappa shape index (κ1) is 27.3. The largest absolute Gasteiger partial charge is 0.453 e. The number of amides is 1. The maximum atomic E-state index is 13.5. The molecule has 0 radical (unpaired) electrons. The molecule has 1 aliphatic carbocycles. The molecule has 1 atom stereocenters. The van der Waals surface area contributed by atoms with Crippen LogP contribution in [0.3, 0.4) is 0 Å². The van der Waals surface area contributed by atoms with Crippen LogP contribution in [0.25, 0.3) is 5.53 Å². The fourth-order valence-corrected chi connectivity index (χ4v) is 5.12. The lowest BCUT2D eigenvalue weighted by Gasteiger charge is -2.33. The third-order valence-corrected chi connectivity index (χ3v) is 6.81. The molecule has 1 fully saturated rings. The van der Waals surface area contributed by atoms with Crippen molar-refractivity contribution in [2.24, 2.45) is 17.8 Å². The molecule has 3 rings (SSSR count). The summed E-state index contributed by atoms with van der Waals surface area (Å²) in [5.41, 5.74) is 14.5. The van der Waals surface area contributed by atoms with Crippen LogP contribution in [0.2, 0.25) is 0 Å². The average Bonchev–Trinajstić information content (AvgIpc) is 3.40. The van der Waals surface area contributed by atoms with E-state index in [9.17, 15) is 15.1 Å². The van der Waals surface area contributed by atoms with Crippen LogP contribution in [0.4, 0.5) is 0 Å². The van der Waals surface area contributed by atoms with Gasteiger partial charge < -0.3 is 10.3 Å². The molecule has 1 amide bonds. The van der Waals surface area contributed by atoms with Gasteiger partial charge in [-0.05, 0) is 48.3 Å². The molecule has 2 aromatic rings. The molecule has 7 nitrogen and oxygen atoms in total. The average molecular weight is 491 g/mol. The minimum absolute atomic E-state index is 0.0276. The molecule has 1 unspecified atom stereocenters. The van der Waals surface area contributed by atoms with Crippen LogP contribution in [0.5, 0.6) is 0 Å². The van der Waals surface area contributed by atoms with Crippen molar-refractivity contribution >= 4 is 17.6 Å². The minimum Gasteiger partial charge on any atom is -0.453 e. The van der Waals surface area contributed by atoms with Crippen molar-refractivity contribution < 1.29 is 19.1 Å². The second kappa shape index (κ2) is 13.1. The van der Waals surface area contributed by atoms with E-state index in [-0.39, 0.29) is 35.5 Å². The Hall–Kier alpha value is -3.28. The third kappa shape index (κ3) is 7.12. The van der Waals surface area contributed by atoms with Crippen molar-refractivity contribution in [3.05, 3.63) is 77.3 Å². The number of carbonyl (C=O) groups excluding carboxylic acids is 2. The van der Waals surface area contributed by atoms with E-state index >= 15 is 0 Å². The van der Waals surface area contributed by atoms with Crippen LogP contribution in [-0.2, 0) is 16.1 Å². The van der Waals surface area contributed by atoms with Gasteiger partial charge in [0.2, 0.25) is 0 Å². The Bertz CT molecular complexity index is 1030. The van der Waals surface area contributed by atoms with E-state index < -0.39 is 12.0 Å². The SMILES string of the molecule is CC(C)C(OC(=O)C(=[N+]=[N-])C(C1CCCC1)N(Cc1ccccc1)NC(=O)c1ccccc1)C(C)C. The van der Waals surface area contributed by atoms with Gasteiger partial charge in [-0.3, -0.25) is 10.2 Å². The summed E-state index contributed by atoms with van der Waals surface area (Å²) < 4.78 is 5.89. The van der Waals surface area contributed by atoms with Crippen LogP contribution in [0.1, 0.15) is 69.3 Å². The topological polar surface area (TPSA) is 95.0 Å². The van der Waals surface area contributed by atoms with Crippen molar-refractivity contribution in [1.82, 2.24) is 10.4 Å². The molecule has 192 valence electrons. The van der Waals surface area contributed by atoms with Gasteiger partial charge in [-0.15, -0.1) is 0 Å². The van der Waals surface area contributed by atoms with Crippen molar-refractivity contribution in [2.75, 3.05) is 0 Å². The Morgan fingerprint density at radius 1 is 0.972 bits per heavy atom. The third-order valence-electron chi connectivity index (χ3n) is 6.81. The first-order valence-corrected chi connectivity index (χ1v) is 12.9. The number of esters is 1. The predicted molar refractivity (Wildman–Crippen MR) is 140 cm³/mol. The molecule has 0 aromatic heterocycles. The highest BCUT2D eigenvalue weighted by Gasteiger charge is 2.45. The number of carbonyl (C=O) groups is 2. The normalized spacial score (nSPS) is 14.8. The van der Waals surface area contributed by atoms with Gasteiger partial charge in [0.15, 0.2) is 0 Å². The maximum Gasteiger partial charge on any atom is 0.419 e. The molecular weight excluding hydrogens is 452 g/mol. The predicted octanol–water partition coefficient (Wildman–Crippen LogP) is 5.29. The number of nitrogens with zero attached hydrogens (tertiary/aromatic N) is 3. The van der Waals surface area contributed by atoms with Crippen molar-refractivity contribution in [2.45, 2.75) is 72.1 Å². The summed E-state index contributed by atoms with van der Waals surface area (Å²) in [4.78, 5) is 30.2. The number of rotatable bonds is 11. The Morgan fingerprint density at radius 3 is 2.06 bits per heavy atom. The highest BCUT2D eigenvalue weighted by Crippen LogP contribution is 2.32. The van der Waals surface area contributed by atoms with Crippen LogP contribution >= 0.6 is 0 Å². The van der Waals surface area contributed by atoms with Gasteiger partial charge in [-0.2, -0.15) is 4.79 Å². The quantitative estimate of drug-likeness (QED) is 0.152. The van der Waals surface area contributed by atoms with E-state index in [4.69, 9.17) is 4.74 Å². The van der Waals surface area contributed by atoms with Crippen molar-refractivity contribution in [1.29, 1.82) is 0 Å². The van der Waals surface area contributed by atoms with Crippen LogP contribution in [0.15, 0.2) is 60.7 Å². The molecule has 36 heavy (non-hydrogen) atoms. The lowest BCUT2D eigenvalue weighted by Crippen LogP contribution is -2.56. The number of hydrogen-bond acceptors (Lipinski definition) is 4. The molecule has 0 saturated heterocycles. The second-order valence-electron chi connectivity index (χ2n) is 10.3. The van der Waals surface area contributed by atoms with E-state index in [1.807, 2.05) is 64.1 Å². The molecule has 1 aliphatic rings. The summed E-state index contributed by atoms with van der Waals surface area (Å²) in [6.07, 6.45) is 3.44. The lowest BCUT2D eigenvalue weighted by atomic mass is 9.92. The summed E-state index contributed by atoms with van der Waals surface area (Å²) in [7, 11) is 0. The van der Waals surface area contributed by atoms with Crippen LogP contribution < -0.4 is 5.43 Å². The molecule has 0 bridgehead atoms. The summed E-state index contributed by atoms with van der Waals surface area (Å²) in [5.74, 6) is -0.690. The van der Waals surface area contributed by atoms with Crippen molar-refractivity contribution in [3.8, 4) is 0 Å². The van der Waals surface area contributed by atoms with Gasteiger partial charge in [0.25, 0.3) is 5.91 Å². The molecular formula is C29H38N4O3. The molecule has 0 aliphatic heterocycles. The first-order valence-electron chi connectivity index (χ1n) is 12.9. The zero-order valence-corrected chi connectivity index (χ0v) is 21.8. The zero-order chi connectivity index (χ0) is 26.1. The zero-order valence-electron chi connectivity index (χ0n) is 21.8. The standard InChI is InChI=1S/C29H38N4O3/c1-20(2)27(21(3)4)36-29(35)25(31-30)26(23-15-11-12-16-23)33(19-22-13-7-5-8-14-22)32-28(34)24-17-9-6-10-18-24/h5-10,13-14,17-18,20-21,23,26-27H,11-12,15-16,19H2,1-4H3,(H,32,34). The van der Waals surface area contributed by atoms with Crippen molar-refractivity contribution in [3.63, 3.8) is 0 Å². The number of hydrogen-bond donors (Lipinski definition) is 1. The fraction of sp³-hybridized carbons (Fsp3) is 0.483.